The second kappa shape index (κ2) is 7.09. The topological polar surface area (TPSA) is 67.4 Å². The smallest absolute Gasteiger partial charge is 0.407 e. The van der Waals surface area contributed by atoms with E-state index in [2.05, 4.69) is 10.6 Å². The summed E-state index contributed by atoms with van der Waals surface area (Å²) in [5.41, 5.74) is -0.505. The fraction of sp³-hybridized carbons (Fsp3) is 0.818. The van der Waals surface area contributed by atoms with Crippen LogP contribution in [0.2, 0.25) is 0 Å². The van der Waals surface area contributed by atoms with Crippen LogP contribution < -0.4 is 10.6 Å². The third kappa shape index (κ3) is 9.30. The van der Waals surface area contributed by atoms with Gasteiger partial charge in [-0.1, -0.05) is 6.92 Å². The SMILES string of the molecule is CCCNC(=O)CCNC(=O)OC(C)(C)C. The van der Waals surface area contributed by atoms with Crippen LogP contribution in [0.4, 0.5) is 4.79 Å². The van der Waals surface area contributed by atoms with Gasteiger partial charge in [0.1, 0.15) is 5.60 Å². The van der Waals surface area contributed by atoms with Gasteiger partial charge >= 0.3 is 6.09 Å². The Balaban J connectivity index is 3.58. The van der Waals surface area contributed by atoms with Crippen molar-refractivity contribution in [2.45, 2.75) is 46.1 Å². The van der Waals surface area contributed by atoms with Gasteiger partial charge in [0, 0.05) is 19.5 Å². The fourth-order valence-electron chi connectivity index (χ4n) is 0.945. The third-order valence-electron chi connectivity index (χ3n) is 1.59. The van der Waals surface area contributed by atoms with E-state index in [-0.39, 0.29) is 12.3 Å². The van der Waals surface area contributed by atoms with E-state index in [1.165, 1.54) is 0 Å². The number of amides is 2. The first kappa shape index (κ1) is 14.7. The van der Waals surface area contributed by atoms with Crippen molar-refractivity contribution in [1.29, 1.82) is 0 Å². The van der Waals surface area contributed by atoms with Gasteiger partial charge in [0.2, 0.25) is 5.91 Å². The normalized spacial score (nSPS) is 10.8. The Bertz CT molecular complexity index is 234. The van der Waals surface area contributed by atoms with E-state index in [0.717, 1.165) is 6.42 Å². The van der Waals surface area contributed by atoms with Crippen LogP contribution in [-0.2, 0) is 9.53 Å². The summed E-state index contributed by atoms with van der Waals surface area (Å²) in [6, 6.07) is 0. The van der Waals surface area contributed by atoms with Gasteiger partial charge in [-0.2, -0.15) is 0 Å². The van der Waals surface area contributed by atoms with Crippen molar-refractivity contribution in [1.82, 2.24) is 10.6 Å². The summed E-state index contributed by atoms with van der Waals surface area (Å²) in [6.07, 6.45) is 0.695. The lowest BCUT2D eigenvalue weighted by atomic mass is 10.2. The van der Waals surface area contributed by atoms with E-state index < -0.39 is 11.7 Å². The van der Waals surface area contributed by atoms with E-state index in [9.17, 15) is 9.59 Å². The highest BCUT2D eigenvalue weighted by Crippen LogP contribution is 2.06. The lowest BCUT2D eigenvalue weighted by molar-refractivity contribution is -0.120. The highest BCUT2D eigenvalue weighted by molar-refractivity contribution is 5.76. The van der Waals surface area contributed by atoms with E-state index in [1.807, 2.05) is 6.92 Å². The highest BCUT2D eigenvalue weighted by Gasteiger charge is 2.15. The molecule has 0 saturated carbocycles. The van der Waals surface area contributed by atoms with Crippen molar-refractivity contribution in [3.05, 3.63) is 0 Å². The molecule has 0 bridgehead atoms. The Kier molecular flexibility index (Phi) is 6.53. The Labute approximate surface area is 96.9 Å². The molecule has 0 radical (unpaired) electrons. The molecular formula is C11H22N2O3. The number of carbonyl (C=O) groups is 2. The molecule has 0 aliphatic rings. The molecule has 0 spiro atoms. The second-order valence-corrected chi connectivity index (χ2v) is 4.53. The van der Waals surface area contributed by atoms with Gasteiger partial charge in [-0.15, -0.1) is 0 Å². The van der Waals surface area contributed by atoms with Gasteiger partial charge in [-0.3, -0.25) is 4.79 Å². The average Bonchev–Trinajstić information content (AvgIpc) is 2.11. The van der Waals surface area contributed by atoms with Crippen LogP contribution in [0, 0.1) is 0 Å². The largest absolute Gasteiger partial charge is 0.444 e. The zero-order valence-electron chi connectivity index (χ0n) is 10.6. The Morgan fingerprint density at radius 2 is 1.75 bits per heavy atom. The molecule has 0 saturated heterocycles. The molecule has 5 nitrogen and oxygen atoms in total. The van der Waals surface area contributed by atoms with Crippen molar-refractivity contribution < 1.29 is 14.3 Å². The molecule has 2 N–H and O–H groups in total. The van der Waals surface area contributed by atoms with Crippen LogP contribution in [0.25, 0.3) is 0 Å². The number of rotatable bonds is 5. The molecule has 0 unspecified atom stereocenters. The molecule has 0 aliphatic heterocycles. The molecule has 0 heterocycles. The molecule has 2 amide bonds. The van der Waals surface area contributed by atoms with Crippen molar-refractivity contribution in [2.24, 2.45) is 0 Å². The summed E-state index contributed by atoms with van der Waals surface area (Å²) < 4.78 is 5.02. The molecular weight excluding hydrogens is 208 g/mol. The highest BCUT2D eigenvalue weighted by atomic mass is 16.6. The maximum Gasteiger partial charge on any atom is 0.407 e. The first-order valence-corrected chi connectivity index (χ1v) is 5.58. The van der Waals surface area contributed by atoms with Gasteiger partial charge in [0.25, 0.3) is 0 Å². The Morgan fingerprint density at radius 1 is 1.12 bits per heavy atom. The maximum atomic E-state index is 11.2. The summed E-state index contributed by atoms with van der Waals surface area (Å²) in [5.74, 6) is -0.0575. The monoisotopic (exact) mass is 230 g/mol. The number of hydrogen-bond acceptors (Lipinski definition) is 3. The molecule has 0 rings (SSSR count). The maximum absolute atomic E-state index is 11.2. The van der Waals surface area contributed by atoms with Crippen LogP contribution in [-0.4, -0.2) is 30.7 Å². The molecule has 5 heteroatoms. The minimum Gasteiger partial charge on any atom is -0.444 e. The number of nitrogens with one attached hydrogen (secondary N) is 2. The second-order valence-electron chi connectivity index (χ2n) is 4.53. The molecule has 0 fully saturated rings. The van der Waals surface area contributed by atoms with Crippen molar-refractivity contribution >= 4 is 12.0 Å². The van der Waals surface area contributed by atoms with E-state index in [0.29, 0.717) is 13.1 Å². The predicted octanol–water partition coefficient (Wildman–Crippen LogP) is 1.43. The van der Waals surface area contributed by atoms with Crippen LogP contribution in [0.1, 0.15) is 40.5 Å². The van der Waals surface area contributed by atoms with Crippen molar-refractivity contribution in [3.8, 4) is 0 Å². The van der Waals surface area contributed by atoms with E-state index in [1.54, 1.807) is 20.8 Å². The Morgan fingerprint density at radius 3 is 2.25 bits per heavy atom. The summed E-state index contributed by atoms with van der Waals surface area (Å²) in [4.78, 5) is 22.4. The standard InChI is InChI=1S/C11H22N2O3/c1-5-7-12-9(14)6-8-13-10(15)16-11(2,3)4/h5-8H2,1-4H3,(H,12,14)(H,13,15). The van der Waals surface area contributed by atoms with Gasteiger partial charge < -0.3 is 15.4 Å². The average molecular weight is 230 g/mol. The van der Waals surface area contributed by atoms with Crippen LogP contribution in [0.3, 0.4) is 0 Å². The lowest BCUT2D eigenvalue weighted by Crippen LogP contribution is -2.35. The predicted molar refractivity (Wildman–Crippen MR) is 62.2 cm³/mol. The van der Waals surface area contributed by atoms with E-state index in [4.69, 9.17) is 4.74 Å². The van der Waals surface area contributed by atoms with Gasteiger partial charge in [-0.05, 0) is 27.2 Å². The van der Waals surface area contributed by atoms with Crippen molar-refractivity contribution in [2.75, 3.05) is 13.1 Å². The number of carbonyl (C=O) groups excluding carboxylic acids is 2. The lowest BCUT2D eigenvalue weighted by Gasteiger charge is -2.19. The zero-order chi connectivity index (χ0) is 12.6. The van der Waals surface area contributed by atoms with Crippen LogP contribution >= 0.6 is 0 Å². The number of hydrogen-bond donors (Lipinski definition) is 2. The minimum atomic E-state index is -0.505. The summed E-state index contributed by atoms with van der Waals surface area (Å²) in [6.45, 7) is 8.33. The van der Waals surface area contributed by atoms with Gasteiger partial charge in [0.15, 0.2) is 0 Å². The molecule has 0 atom stereocenters. The number of alkyl carbamates (subject to hydrolysis) is 1. The fourth-order valence-corrected chi connectivity index (χ4v) is 0.945. The summed E-state index contributed by atoms with van der Waals surface area (Å²) in [7, 11) is 0. The van der Waals surface area contributed by atoms with Gasteiger partial charge in [-0.25, -0.2) is 4.79 Å². The summed E-state index contributed by atoms with van der Waals surface area (Å²) in [5, 5.41) is 5.25. The van der Waals surface area contributed by atoms with Crippen LogP contribution in [0.5, 0.6) is 0 Å². The Hall–Kier alpha value is -1.26. The summed E-state index contributed by atoms with van der Waals surface area (Å²) >= 11 is 0. The van der Waals surface area contributed by atoms with E-state index >= 15 is 0 Å². The van der Waals surface area contributed by atoms with Crippen LogP contribution in [0.15, 0.2) is 0 Å². The molecule has 0 aromatic carbocycles. The molecule has 0 aromatic rings. The first-order chi connectivity index (χ1) is 7.35. The molecule has 94 valence electrons. The number of ether oxygens (including phenoxy) is 1. The minimum absolute atomic E-state index is 0.0575. The van der Waals surface area contributed by atoms with Crippen molar-refractivity contribution in [3.63, 3.8) is 0 Å². The molecule has 16 heavy (non-hydrogen) atoms. The van der Waals surface area contributed by atoms with Gasteiger partial charge in [0.05, 0.1) is 0 Å². The molecule has 0 aromatic heterocycles. The molecule has 0 aliphatic carbocycles. The quantitative estimate of drug-likeness (QED) is 0.750. The first-order valence-electron chi connectivity index (χ1n) is 5.58. The zero-order valence-corrected chi connectivity index (χ0v) is 10.6. The third-order valence-corrected chi connectivity index (χ3v) is 1.59.